The number of rotatable bonds is 12. The van der Waals surface area contributed by atoms with Gasteiger partial charge in [0.15, 0.2) is 5.96 Å². The first kappa shape index (κ1) is 25.5. The second-order valence-corrected chi connectivity index (χ2v) is 7.17. The molecule has 164 valence electrons. The lowest BCUT2D eigenvalue weighted by Gasteiger charge is -2.14. The van der Waals surface area contributed by atoms with Gasteiger partial charge in [-0.2, -0.15) is 0 Å². The van der Waals surface area contributed by atoms with E-state index in [-0.39, 0.29) is 42.5 Å². The van der Waals surface area contributed by atoms with Gasteiger partial charge in [0.2, 0.25) is 0 Å². The highest BCUT2D eigenvalue weighted by atomic mass is 127. The standard InChI is InChI=1S/C21H33N3O4.HI/c1-16(2)28-19-9-7-18(8-10-19)24-21(23-13-11-20(25)26-3)22-12-4-14-27-15-17-5-6-17;/h7-10,16-17H,4-6,11-15H2,1-3H3,(H2,22,23,24);1H. The molecule has 1 aliphatic carbocycles. The minimum Gasteiger partial charge on any atom is -0.491 e. The smallest absolute Gasteiger partial charge is 0.307 e. The lowest BCUT2D eigenvalue weighted by molar-refractivity contribution is -0.140. The molecule has 2 N–H and O–H groups in total. The number of methoxy groups -OCH3 is 1. The molecule has 2 rings (SSSR count). The van der Waals surface area contributed by atoms with Gasteiger partial charge >= 0.3 is 5.97 Å². The average molecular weight is 519 g/mol. The number of halogens is 1. The van der Waals surface area contributed by atoms with Crippen molar-refractivity contribution in [1.82, 2.24) is 5.32 Å². The van der Waals surface area contributed by atoms with Crippen LogP contribution in [-0.4, -0.2) is 51.4 Å². The lowest BCUT2D eigenvalue weighted by atomic mass is 10.3. The molecule has 0 radical (unpaired) electrons. The molecule has 0 aliphatic heterocycles. The average Bonchev–Trinajstić information content (AvgIpc) is 3.49. The van der Waals surface area contributed by atoms with Gasteiger partial charge in [0.05, 0.1) is 19.6 Å². The Balaban J connectivity index is 0.00000420. The number of carbonyl (C=O) groups excluding carboxylic acids is 1. The second kappa shape index (κ2) is 14.4. The van der Waals surface area contributed by atoms with Crippen molar-refractivity contribution in [3.63, 3.8) is 0 Å². The Hall–Kier alpha value is -1.55. The predicted molar refractivity (Wildman–Crippen MR) is 126 cm³/mol. The molecule has 7 nitrogen and oxygen atoms in total. The number of ether oxygens (including phenoxy) is 3. The van der Waals surface area contributed by atoms with Gasteiger partial charge in [0.1, 0.15) is 5.75 Å². The van der Waals surface area contributed by atoms with E-state index in [0.717, 1.165) is 37.0 Å². The summed E-state index contributed by atoms with van der Waals surface area (Å²) in [5, 5.41) is 6.43. The summed E-state index contributed by atoms with van der Waals surface area (Å²) in [6.07, 6.45) is 3.88. The molecular formula is C21H34IN3O4. The van der Waals surface area contributed by atoms with Gasteiger partial charge in [-0.15, -0.1) is 24.0 Å². The van der Waals surface area contributed by atoms with E-state index in [1.807, 2.05) is 38.1 Å². The molecule has 0 unspecified atom stereocenters. The van der Waals surface area contributed by atoms with Crippen molar-refractivity contribution in [3.8, 4) is 5.75 Å². The fourth-order valence-corrected chi connectivity index (χ4v) is 2.44. The highest BCUT2D eigenvalue weighted by Crippen LogP contribution is 2.28. The third kappa shape index (κ3) is 11.9. The van der Waals surface area contributed by atoms with E-state index in [4.69, 9.17) is 9.47 Å². The number of nitrogens with one attached hydrogen (secondary N) is 2. The summed E-state index contributed by atoms with van der Waals surface area (Å²) in [6, 6.07) is 7.71. The minimum atomic E-state index is -0.254. The van der Waals surface area contributed by atoms with Gasteiger partial charge in [-0.3, -0.25) is 9.79 Å². The van der Waals surface area contributed by atoms with E-state index < -0.39 is 0 Å². The number of esters is 1. The van der Waals surface area contributed by atoms with Gasteiger partial charge in [-0.05, 0) is 63.3 Å². The molecule has 0 aromatic heterocycles. The van der Waals surface area contributed by atoms with Crippen LogP contribution in [0.3, 0.4) is 0 Å². The normalized spacial score (nSPS) is 13.6. The summed E-state index contributed by atoms with van der Waals surface area (Å²) in [5.41, 5.74) is 0.894. The molecule has 0 bridgehead atoms. The van der Waals surface area contributed by atoms with E-state index in [9.17, 15) is 4.79 Å². The third-order valence-corrected chi connectivity index (χ3v) is 4.11. The maximum Gasteiger partial charge on any atom is 0.307 e. The Kier molecular flexibility index (Phi) is 12.7. The molecule has 0 heterocycles. The third-order valence-electron chi connectivity index (χ3n) is 4.11. The summed E-state index contributed by atoms with van der Waals surface area (Å²) in [6.45, 7) is 6.68. The molecule has 1 aromatic carbocycles. The molecule has 1 fully saturated rings. The monoisotopic (exact) mass is 519 g/mol. The topological polar surface area (TPSA) is 81.2 Å². The van der Waals surface area contributed by atoms with E-state index in [1.165, 1.54) is 20.0 Å². The largest absolute Gasteiger partial charge is 0.491 e. The number of guanidine groups is 1. The van der Waals surface area contributed by atoms with Crippen molar-refractivity contribution in [2.24, 2.45) is 10.9 Å². The number of aliphatic imine (C=N–C) groups is 1. The van der Waals surface area contributed by atoms with E-state index in [0.29, 0.717) is 19.0 Å². The van der Waals surface area contributed by atoms with Gasteiger partial charge in [-0.1, -0.05) is 0 Å². The fourth-order valence-electron chi connectivity index (χ4n) is 2.44. The van der Waals surface area contributed by atoms with E-state index in [1.54, 1.807) is 0 Å². The minimum absolute atomic E-state index is 0. The quantitative estimate of drug-likeness (QED) is 0.144. The number of nitrogens with zero attached hydrogens (tertiary/aromatic N) is 1. The number of hydrogen-bond acceptors (Lipinski definition) is 5. The second-order valence-electron chi connectivity index (χ2n) is 7.17. The number of hydrogen-bond donors (Lipinski definition) is 2. The summed E-state index contributed by atoms with van der Waals surface area (Å²) < 4.78 is 16.0. The van der Waals surface area contributed by atoms with E-state index >= 15 is 0 Å². The Bertz CT molecular complexity index is 619. The molecule has 0 amide bonds. The van der Waals surface area contributed by atoms with Crippen molar-refractivity contribution in [1.29, 1.82) is 0 Å². The van der Waals surface area contributed by atoms with Crippen LogP contribution in [-0.2, 0) is 14.3 Å². The Morgan fingerprint density at radius 1 is 1.24 bits per heavy atom. The maximum absolute atomic E-state index is 11.3. The van der Waals surface area contributed by atoms with Crippen LogP contribution in [0.15, 0.2) is 29.3 Å². The van der Waals surface area contributed by atoms with Gasteiger partial charge in [0.25, 0.3) is 0 Å². The van der Waals surface area contributed by atoms with E-state index in [2.05, 4.69) is 20.4 Å². The first-order valence-corrected chi connectivity index (χ1v) is 10.0. The molecule has 1 aliphatic rings. The number of benzene rings is 1. The van der Waals surface area contributed by atoms with Crippen LogP contribution in [0, 0.1) is 5.92 Å². The Morgan fingerprint density at radius 2 is 1.97 bits per heavy atom. The first-order chi connectivity index (χ1) is 13.6. The highest BCUT2D eigenvalue weighted by molar-refractivity contribution is 14.0. The highest BCUT2D eigenvalue weighted by Gasteiger charge is 2.20. The van der Waals surface area contributed by atoms with Gasteiger partial charge in [-0.25, -0.2) is 0 Å². The SMILES string of the molecule is COC(=O)CCNC(=NCCCOCC1CC1)Nc1ccc(OC(C)C)cc1.I. The van der Waals surface area contributed by atoms with Crippen molar-refractivity contribution in [3.05, 3.63) is 24.3 Å². The zero-order valence-electron chi connectivity index (χ0n) is 17.6. The molecule has 1 aromatic rings. The number of anilines is 1. The number of carbonyl (C=O) groups is 1. The van der Waals surface area contributed by atoms with Crippen molar-refractivity contribution in [2.45, 2.75) is 45.6 Å². The van der Waals surface area contributed by atoms with Crippen LogP contribution in [0.25, 0.3) is 0 Å². The fraction of sp³-hybridized carbons (Fsp3) is 0.619. The van der Waals surface area contributed by atoms with Crippen LogP contribution in [0.5, 0.6) is 5.75 Å². The van der Waals surface area contributed by atoms with Crippen molar-refractivity contribution in [2.75, 3.05) is 38.7 Å². The summed E-state index contributed by atoms with van der Waals surface area (Å²) in [7, 11) is 1.39. The van der Waals surface area contributed by atoms with Crippen LogP contribution in [0.2, 0.25) is 0 Å². The zero-order chi connectivity index (χ0) is 20.2. The van der Waals surface area contributed by atoms with Gasteiger partial charge in [0, 0.05) is 32.0 Å². The van der Waals surface area contributed by atoms with Crippen LogP contribution >= 0.6 is 24.0 Å². The Labute approximate surface area is 191 Å². The van der Waals surface area contributed by atoms with Crippen molar-refractivity contribution >= 4 is 41.6 Å². The molecule has 1 saturated carbocycles. The van der Waals surface area contributed by atoms with Crippen LogP contribution in [0.1, 0.15) is 39.5 Å². The van der Waals surface area contributed by atoms with Gasteiger partial charge < -0.3 is 24.8 Å². The van der Waals surface area contributed by atoms with Crippen molar-refractivity contribution < 1.29 is 19.0 Å². The zero-order valence-corrected chi connectivity index (χ0v) is 19.9. The maximum atomic E-state index is 11.3. The molecular weight excluding hydrogens is 485 g/mol. The Morgan fingerprint density at radius 3 is 2.59 bits per heavy atom. The van der Waals surface area contributed by atoms with Crippen LogP contribution < -0.4 is 15.4 Å². The summed E-state index contributed by atoms with van der Waals surface area (Å²) in [5.74, 6) is 1.98. The summed E-state index contributed by atoms with van der Waals surface area (Å²) in [4.78, 5) is 15.9. The molecule has 29 heavy (non-hydrogen) atoms. The molecule has 0 atom stereocenters. The first-order valence-electron chi connectivity index (χ1n) is 10.0. The predicted octanol–water partition coefficient (Wildman–Crippen LogP) is 3.83. The van der Waals surface area contributed by atoms with Crippen LogP contribution in [0.4, 0.5) is 5.69 Å². The molecule has 0 spiro atoms. The summed E-state index contributed by atoms with van der Waals surface area (Å²) >= 11 is 0. The molecule has 8 heteroatoms. The molecule has 0 saturated heterocycles. The lowest BCUT2D eigenvalue weighted by Crippen LogP contribution is -2.33.